The fourth-order valence-electron chi connectivity index (χ4n) is 8.14. The topological polar surface area (TPSA) is 155 Å². The van der Waals surface area contributed by atoms with Crippen molar-refractivity contribution in [1.82, 2.24) is 0 Å². The van der Waals surface area contributed by atoms with Crippen molar-refractivity contribution in [3.05, 3.63) is 85.1 Å². The van der Waals surface area contributed by atoms with Gasteiger partial charge in [0.1, 0.15) is 12.7 Å². The monoisotopic (exact) mass is 1090 g/mol. The van der Waals surface area contributed by atoms with Crippen LogP contribution in [0, 0.1) is 0 Å². The number of aliphatic hydroxyl groups excluding tert-OH is 1. The third-order valence-corrected chi connectivity index (χ3v) is 13.7. The highest BCUT2D eigenvalue weighted by Crippen LogP contribution is 2.43. The van der Waals surface area contributed by atoms with Gasteiger partial charge in [-0.15, -0.1) is 0 Å². The minimum absolute atomic E-state index is 0.153. The maximum atomic E-state index is 12.9. The smallest absolute Gasteiger partial charge is 0.462 e. The van der Waals surface area contributed by atoms with E-state index in [2.05, 4.69) is 106 Å². The summed E-state index contributed by atoms with van der Waals surface area (Å²) in [6, 6.07) is 0. The van der Waals surface area contributed by atoms with Gasteiger partial charge in [0, 0.05) is 19.3 Å². The van der Waals surface area contributed by atoms with Crippen LogP contribution in [-0.2, 0) is 42.2 Å². The molecule has 12 heteroatoms. The van der Waals surface area contributed by atoms with Gasteiger partial charge in [0.2, 0.25) is 0 Å². The number of phosphoric ester groups is 1. The van der Waals surface area contributed by atoms with Crippen molar-refractivity contribution in [2.45, 2.75) is 277 Å². The van der Waals surface area contributed by atoms with Crippen molar-refractivity contribution >= 4 is 25.7 Å². The summed E-state index contributed by atoms with van der Waals surface area (Å²) in [5, 5.41) is 9.83. The van der Waals surface area contributed by atoms with Gasteiger partial charge in [0.25, 0.3) is 0 Å². The van der Waals surface area contributed by atoms with Crippen molar-refractivity contribution < 1.29 is 52.2 Å². The fraction of sp³-hybridized carbons (Fsp3) is 0.734. The van der Waals surface area contributed by atoms with Gasteiger partial charge in [-0.25, -0.2) is 4.57 Å². The molecule has 0 rings (SSSR count). The second-order valence-corrected chi connectivity index (χ2v) is 21.6. The molecule has 3 unspecified atom stereocenters. The molecule has 438 valence electrons. The molecule has 11 nitrogen and oxygen atoms in total. The second-order valence-electron chi connectivity index (χ2n) is 20.1. The van der Waals surface area contributed by atoms with Gasteiger partial charge in [-0.05, 0) is 116 Å². The number of esters is 3. The van der Waals surface area contributed by atoms with Crippen molar-refractivity contribution in [3.63, 3.8) is 0 Å². The number of carbonyl (C=O) groups excluding carboxylic acids is 3. The molecular formula is C64H111O11P. The maximum absolute atomic E-state index is 12.9. The lowest BCUT2D eigenvalue weighted by Gasteiger charge is -2.21. The number of hydrogen-bond donors (Lipinski definition) is 2. The lowest BCUT2D eigenvalue weighted by molar-refractivity contribution is -0.161. The molecule has 0 aliphatic rings. The molecule has 0 saturated heterocycles. The Morgan fingerprint density at radius 3 is 1.12 bits per heavy atom. The van der Waals surface area contributed by atoms with Crippen LogP contribution in [0.25, 0.3) is 0 Å². The van der Waals surface area contributed by atoms with E-state index in [1.54, 1.807) is 0 Å². The van der Waals surface area contributed by atoms with Gasteiger partial charge in [-0.1, -0.05) is 215 Å². The number of ether oxygens (including phenoxy) is 3. The Hall–Kier alpha value is -3.34. The summed E-state index contributed by atoms with van der Waals surface area (Å²) in [5.41, 5.74) is 0. The van der Waals surface area contributed by atoms with Crippen LogP contribution in [0.3, 0.4) is 0 Å². The number of carbonyl (C=O) groups is 3. The van der Waals surface area contributed by atoms with Crippen molar-refractivity contribution in [2.75, 3.05) is 26.4 Å². The quantitative estimate of drug-likeness (QED) is 0.0197. The first kappa shape index (κ1) is 72.7. The van der Waals surface area contributed by atoms with Crippen LogP contribution in [0.1, 0.15) is 265 Å². The molecule has 2 N–H and O–H groups in total. The summed E-state index contributed by atoms with van der Waals surface area (Å²) < 4.78 is 39.5. The minimum atomic E-state index is -4.77. The molecule has 0 spiro atoms. The number of hydrogen-bond acceptors (Lipinski definition) is 10. The summed E-state index contributed by atoms with van der Waals surface area (Å²) >= 11 is 0. The molecule has 0 aromatic rings. The molecule has 0 aromatic heterocycles. The number of unbranched alkanes of at least 4 members (excludes halogenated alkanes) is 25. The van der Waals surface area contributed by atoms with Crippen LogP contribution in [0.4, 0.5) is 0 Å². The normalized spacial score (nSPS) is 13.9. The van der Waals surface area contributed by atoms with E-state index in [4.69, 9.17) is 23.3 Å². The number of allylic oxidation sites excluding steroid dienone is 14. The average molecular weight is 1090 g/mol. The molecule has 0 aromatic carbocycles. The van der Waals surface area contributed by atoms with Crippen molar-refractivity contribution in [2.24, 2.45) is 0 Å². The van der Waals surface area contributed by atoms with Crippen LogP contribution >= 0.6 is 7.82 Å². The fourth-order valence-corrected chi connectivity index (χ4v) is 8.92. The number of aliphatic hydroxyl groups is 1. The first-order valence-corrected chi connectivity index (χ1v) is 32.0. The first-order valence-electron chi connectivity index (χ1n) is 30.5. The Kier molecular flexibility index (Phi) is 55.3. The van der Waals surface area contributed by atoms with Gasteiger partial charge in [0.15, 0.2) is 6.10 Å². The molecule has 0 heterocycles. The maximum Gasteiger partial charge on any atom is 0.472 e. The Morgan fingerprint density at radius 2 is 0.684 bits per heavy atom. The lowest BCUT2D eigenvalue weighted by Crippen LogP contribution is -2.30. The Balaban J connectivity index is 4.77. The predicted octanol–water partition coefficient (Wildman–Crippen LogP) is 18.3. The van der Waals surface area contributed by atoms with Crippen LogP contribution in [0.5, 0.6) is 0 Å². The van der Waals surface area contributed by atoms with Crippen molar-refractivity contribution in [1.29, 1.82) is 0 Å². The predicted molar refractivity (Wildman–Crippen MR) is 316 cm³/mol. The summed E-state index contributed by atoms with van der Waals surface area (Å²) in [4.78, 5) is 48.6. The first-order chi connectivity index (χ1) is 37.2. The van der Waals surface area contributed by atoms with E-state index < -0.39 is 57.8 Å². The van der Waals surface area contributed by atoms with E-state index in [1.807, 2.05) is 0 Å². The summed E-state index contributed by atoms with van der Waals surface area (Å²) in [5.74, 6) is -1.53. The molecular weight excluding hydrogens is 976 g/mol. The molecule has 0 bridgehead atoms. The van der Waals surface area contributed by atoms with E-state index >= 15 is 0 Å². The molecule has 0 amide bonds. The highest BCUT2D eigenvalue weighted by molar-refractivity contribution is 7.47. The Bertz CT molecular complexity index is 1600. The standard InChI is InChI=1S/C64H111O11P/c1-4-7-10-13-16-19-22-25-28-29-30-31-34-37-40-43-46-49-52-55-64(68)75-61(57-71-62(66)53-50-47-44-41-38-35-32-26-23-20-17-14-11-8-5-2)59-73-76(69,70)72-58-60(56-65)74-63(67)54-51-48-45-42-39-36-33-27-24-21-18-15-12-9-6-3/h8,11,17-18,20-21,25-28,32-33,38,41,60-61,65H,4-7,9-10,12-16,19,22-24,29-31,34-37,39-40,42-59H2,1-3H3,(H,69,70)/b11-8-,20-17-,21-18-,28-25-,32-26-,33-27-,41-38-. The molecule has 0 radical (unpaired) electrons. The largest absolute Gasteiger partial charge is 0.472 e. The number of phosphoric acid groups is 1. The summed E-state index contributed by atoms with van der Waals surface area (Å²) in [7, 11) is -4.77. The SMILES string of the molecule is CC/C=C\C/C=C\C/C=C\C/C=C\CCCCC(=O)OCC(COP(=O)(O)OCC(CO)OC(=O)CCCCCCC/C=C\C/C=C\CCCCC)OC(=O)CCCCCCCCCCC/C=C\CCCCCCCC. The Labute approximate surface area is 464 Å². The van der Waals surface area contributed by atoms with E-state index in [0.717, 1.165) is 103 Å². The van der Waals surface area contributed by atoms with Crippen LogP contribution in [0.15, 0.2) is 85.1 Å². The van der Waals surface area contributed by atoms with Gasteiger partial charge in [-0.3, -0.25) is 23.4 Å². The molecule has 0 aliphatic carbocycles. The highest BCUT2D eigenvalue weighted by atomic mass is 31.2. The third kappa shape index (κ3) is 55.4. The van der Waals surface area contributed by atoms with Crippen molar-refractivity contribution in [3.8, 4) is 0 Å². The molecule has 76 heavy (non-hydrogen) atoms. The summed E-state index contributed by atoms with van der Waals surface area (Å²) in [6.45, 7) is 4.45. The lowest BCUT2D eigenvalue weighted by atomic mass is 10.1. The zero-order valence-corrected chi connectivity index (χ0v) is 49.3. The molecule has 0 fully saturated rings. The zero-order chi connectivity index (χ0) is 55.5. The highest BCUT2D eigenvalue weighted by Gasteiger charge is 2.28. The third-order valence-electron chi connectivity index (χ3n) is 12.8. The second kappa shape index (κ2) is 57.8. The van der Waals surface area contributed by atoms with Gasteiger partial charge >= 0.3 is 25.7 Å². The molecule has 3 atom stereocenters. The van der Waals surface area contributed by atoms with Crippen LogP contribution in [-0.4, -0.2) is 66.5 Å². The van der Waals surface area contributed by atoms with E-state index in [0.29, 0.717) is 19.3 Å². The number of rotatable bonds is 56. The summed E-state index contributed by atoms with van der Waals surface area (Å²) in [6.07, 6.45) is 66.8. The molecule has 0 saturated carbocycles. The van der Waals surface area contributed by atoms with Gasteiger partial charge < -0.3 is 24.2 Å². The molecule has 0 aliphatic heterocycles. The zero-order valence-electron chi connectivity index (χ0n) is 48.5. The van der Waals surface area contributed by atoms with Gasteiger partial charge in [0.05, 0.1) is 19.8 Å². The van der Waals surface area contributed by atoms with E-state index in [1.165, 1.54) is 103 Å². The van der Waals surface area contributed by atoms with Crippen LogP contribution in [0.2, 0.25) is 0 Å². The van der Waals surface area contributed by atoms with E-state index in [-0.39, 0.29) is 25.9 Å². The average Bonchev–Trinajstić information content (AvgIpc) is 3.41. The van der Waals surface area contributed by atoms with Gasteiger partial charge in [-0.2, -0.15) is 0 Å². The minimum Gasteiger partial charge on any atom is -0.462 e. The van der Waals surface area contributed by atoms with Crippen LogP contribution < -0.4 is 0 Å². The Morgan fingerprint density at radius 1 is 0.382 bits per heavy atom. The van der Waals surface area contributed by atoms with E-state index in [9.17, 15) is 28.9 Å².